The van der Waals surface area contributed by atoms with Crippen LogP contribution in [0.25, 0.3) is 0 Å². The van der Waals surface area contributed by atoms with Crippen molar-refractivity contribution in [2.45, 2.75) is 52.0 Å². The topological polar surface area (TPSA) is 12.0 Å². The maximum atomic E-state index is 3.58. The van der Waals surface area contributed by atoms with Crippen LogP contribution in [0.15, 0.2) is 35.9 Å². The first-order valence-corrected chi connectivity index (χ1v) is 7.35. The van der Waals surface area contributed by atoms with Crippen LogP contribution in [0.4, 0.5) is 0 Å². The van der Waals surface area contributed by atoms with E-state index < -0.39 is 0 Å². The van der Waals surface area contributed by atoms with E-state index in [4.69, 9.17) is 0 Å². The van der Waals surface area contributed by atoms with Gasteiger partial charge in [0.25, 0.3) is 0 Å². The van der Waals surface area contributed by atoms with Crippen LogP contribution in [0.2, 0.25) is 0 Å². The average Bonchev–Trinajstić information content (AvgIpc) is 2.45. The first-order valence-electron chi connectivity index (χ1n) is 7.35. The highest BCUT2D eigenvalue weighted by molar-refractivity contribution is 5.26. The molecule has 0 spiro atoms. The minimum atomic E-state index is 1.01. The van der Waals surface area contributed by atoms with Crippen LogP contribution in [-0.2, 0) is 13.0 Å². The Kier molecular flexibility index (Phi) is 5.47. The Morgan fingerprint density at radius 2 is 1.94 bits per heavy atom. The van der Waals surface area contributed by atoms with Gasteiger partial charge in [0.1, 0.15) is 0 Å². The third-order valence-electron chi connectivity index (χ3n) is 3.82. The normalized spacial score (nSPS) is 15.5. The average molecular weight is 243 g/mol. The van der Waals surface area contributed by atoms with Gasteiger partial charge in [0.2, 0.25) is 0 Å². The molecule has 0 saturated heterocycles. The van der Waals surface area contributed by atoms with Gasteiger partial charge in [-0.2, -0.15) is 0 Å². The smallest absolute Gasteiger partial charge is 0.0208 e. The molecular weight excluding hydrogens is 218 g/mol. The minimum absolute atomic E-state index is 1.01. The lowest BCUT2D eigenvalue weighted by Crippen LogP contribution is -2.16. The lowest BCUT2D eigenvalue weighted by atomic mass is 9.97. The summed E-state index contributed by atoms with van der Waals surface area (Å²) < 4.78 is 0. The van der Waals surface area contributed by atoms with Crippen LogP contribution in [-0.4, -0.2) is 6.54 Å². The molecule has 1 N–H and O–H groups in total. The van der Waals surface area contributed by atoms with E-state index in [9.17, 15) is 0 Å². The second-order valence-corrected chi connectivity index (χ2v) is 5.16. The molecule has 1 heteroatoms. The van der Waals surface area contributed by atoms with Gasteiger partial charge in [0.15, 0.2) is 0 Å². The monoisotopic (exact) mass is 243 g/mol. The summed E-state index contributed by atoms with van der Waals surface area (Å²) in [5.41, 5.74) is 4.59. The predicted octanol–water partition coefficient (Wildman–Crippen LogP) is 4.23. The Bertz CT molecular complexity index is 392. The summed E-state index contributed by atoms with van der Waals surface area (Å²) in [7, 11) is 0. The quantitative estimate of drug-likeness (QED) is 0.582. The molecule has 0 unspecified atom stereocenters. The summed E-state index contributed by atoms with van der Waals surface area (Å²) in [6.45, 7) is 4.35. The molecule has 0 aromatic heterocycles. The van der Waals surface area contributed by atoms with E-state index in [2.05, 4.69) is 42.6 Å². The first kappa shape index (κ1) is 13.4. The molecule has 1 nitrogen and oxygen atoms in total. The highest BCUT2D eigenvalue weighted by atomic mass is 14.8. The number of aryl methyl sites for hydroxylation is 1. The van der Waals surface area contributed by atoms with Crippen LogP contribution in [0.5, 0.6) is 0 Å². The molecule has 0 heterocycles. The zero-order chi connectivity index (χ0) is 12.6. The van der Waals surface area contributed by atoms with Gasteiger partial charge < -0.3 is 5.32 Å². The zero-order valence-corrected chi connectivity index (χ0v) is 11.5. The molecule has 0 fully saturated rings. The molecule has 0 radical (unpaired) electrons. The van der Waals surface area contributed by atoms with E-state index in [1.165, 1.54) is 43.2 Å². The first-order chi connectivity index (χ1) is 8.90. The molecule has 0 aliphatic heterocycles. The number of rotatable bonds is 6. The maximum Gasteiger partial charge on any atom is 0.0208 e. The largest absolute Gasteiger partial charge is 0.312 e. The summed E-state index contributed by atoms with van der Waals surface area (Å²) in [6, 6.07) is 8.75. The molecule has 98 valence electrons. The molecule has 18 heavy (non-hydrogen) atoms. The fraction of sp³-hybridized carbons (Fsp3) is 0.529. The van der Waals surface area contributed by atoms with Crippen LogP contribution in [0.3, 0.4) is 0 Å². The van der Waals surface area contributed by atoms with Crippen LogP contribution >= 0.6 is 0 Å². The van der Waals surface area contributed by atoms with Crippen molar-refractivity contribution in [2.24, 2.45) is 0 Å². The molecule has 0 bridgehead atoms. The van der Waals surface area contributed by atoms with Crippen molar-refractivity contribution >= 4 is 0 Å². The van der Waals surface area contributed by atoms with E-state index >= 15 is 0 Å². The van der Waals surface area contributed by atoms with E-state index in [1.54, 1.807) is 5.57 Å². The molecule has 1 aliphatic carbocycles. The fourth-order valence-corrected chi connectivity index (χ4v) is 2.68. The van der Waals surface area contributed by atoms with Crippen LogP contribution < -0.4 is 5.32 Å². The molecule has 0 saturated carbocycles. The number of benzene rings is 1. The Balaban J connectivity index is 1.73. The Labute approximate surface area is 111 Å². The molecule has 0 atom stereocenters. The fourth-order valence-electron chi connectivity index (χ4n) is 2.68. The molecular formula is C17H25N. The summed E-state index contributed by atoms with van der Waals surface area (Å²) >= 11 is 0. The summed E-state index contributed by atoms with van der Waals surface area (Å²) in [6.07, 6.45) is 10.2. The van der Waals surface area contributed by atoms with Gasteiger partial charge in [-0.1, -0.05) is 42.8 Å². The second kappa shape index (κ2) is 7.38. The lowest BCUT2D eigenvalue weighted by Gasteiger charge is -2.13. The lowest BCUT2D eigenvalue weighted by molar-refractivity contribution is 0.631. The molecule has 0 amide bonds. The van der Waals surface area contributed by atoms with Gasteiger partial charge in [-0.25, -0.2) is 0 Å². The predicted molar refractivity (Wildman–Crippen MR) is 78.7 cm³/mol. The number of hydrogen-bond donors (Lipinski definition) is 1. The van der Waals surface area contributed by atoms with Gasteiger partial charge >= 0.3 is 0 Å². The van der Waals surface area contributed by atoms with Crippen LogP contribution in [0, 0.1) is 0 Å². The summed E-state index contributed by atoms with van der Waals surface area (Å²) in [5.74, 6) is 0. The molecule has 1 aromatic carbocycles. The number of hydrogen-bond acceptors (Lipinski definition) is 1. The zero-order valence-electron chi connectivity index (χ0n) is 11.5. The highest BCUT2D eigenvalue weighted by Crippen LogP contribution is 2.19. The molecule has 2 rings (SSSR count). The minimum Gasteiger partial charge on any atom is -0.312 e. The Hall–Kier alpha value is -1.08. The third-order valence-corrected chi connectivity index (χ3v) is 3.82. The van der Waals surface area contributed by atoms with Gasteiger partial charge in [0.05, 0.1) is 0 Å². The van der Waals surface area contributed by atoms with Crippen LogP contribution in [0.1, 0.15) is 50.2 Å². The van der Waals surface area contributed by atoms with Gasteiger partial charge in [-0.15, -0.1) is 0 Å². The van der Waals surface area contributed by atoms with Crippen molar-refractivity contribution in [2.75, 3.05) is 6.54 Å². The van der Waals surface area contributed by atoms with E-state index in [0.29, 0.717) is 0 Å². The summed E-state index contributed by atoms with van der Waals surface area (Å²) in [5, 5.41) is 3.58. The van der Waals surface area contributed by atoms with E-state index in [1.807, 2.05) is 0 Å². The molecule has 1 aromatic rings. The summed E-state index contributed by atoms with van der Waals surface area (Å²) in [4.78, 5) is 0. The maximum absolute atomic E-state index is 3.58. The second-order valence-electron chi connectivity index (χ2n) is 5.16. The molecule has 1 aliphatic rings. The standard InChI is InChI=1S/C17H25N/c1-2-16-10-6-7-11-17(16)14-18-13-12-15-8-4-3-5-9-15/h6-8,10-11,18H,2-5,9,12-14H2,1H3. The highest BCUT2D eigenvalue weighted by Gasteiger charge is 2.03. The van der Waals surface area contributed by atoms with Crippen molar-refractivity contribution in [1.82, 2.24) is 5.32 Å². The van der Waals surface area contributed by atoms with Crippen molar-refractivity contribution in [3.63, 3.8) is 0 Å². The third kappa shape index (κ3) is 3.99. The van der Waals surface area contributed by atoms with Crippen molar-refractivity contribution in [3.05, 3.63) is 47.0 Å². The van der Waals surface area contributed by atoms with E-state index in [0.717, 1.165) is 19.5 Å². The van der Waals surface area contributed by atoms with Gasteiger partial charge in [-0.3, -0.25) is 0 Å². The number of nitrogens with one attached hydrogen (secondary N) is 1. The van der Waals surface area contributed by atoms with Crippen molar-refractivity contribution in [1.29, 1.82) is 0 Å². The van der Waals surface area contributed by atoms with Crippen molar-refractivity contribution in [3.8, 4) is 0 Å². The SMILES string of the molecule is CCc1ccccc1CNCCC1=CCCCC1. The van der Waals surface area contributed by atoms with Gasteiger partial charge in [-0.05, 0) is 56.2 Å². The van der Waals surface area contributed by atoms with Gasteiger partial charge in [0, 0.05) is 6.54 Å². The van der Waals surface area contributed by atoms with Crippen molar-refractivity contribution < 1.29 is 0 Å². The Morgan fingerprint density at radius 1 is 1.11 bits per heavy atom. The van der Waals surface area contributed by atoms with E-state index in [-0.39, 0.29) is 0 Å². The Morgan fingerprint density at radius 3 is 2.67 bits per heavy atom. The number of allylic oxidation sites excluding steroid dienone is 1.